The van der Waals surface area contributed by atoms with Crippen molar-refractivity contribution in [1.29, 1.82) is 0 Å². The molecule has 0 bridgehead atoms. The van der Waals surface area contributed by atoms with Crippen molar-refractivity contribution >= 4 is 5.97 Å². The van der Waals surface area contributed by atoms with Crippen molar-refractivity contribution in [2.24, 2.45) is 0 Å². The van der Waals surface area contributed by atoms with Crippen LogP contribution >= 0.6 is 0 Å². The number of aliphatic carboxylic acids is 1. The van der Waals surface area contributed by atoms with Crippen molar-refractivity contribution in [2.75, 3.05) is 20.7 Å². The molecule has 5 nitrogen and oxygen atoms in total. The maximum atomic E-state index is 10.5. The quantitative estimate of drug-likeness (QED) is 0.779. The van der Waals surface area contributed by atoms with Gasteiger partial charge in [0.2, 0.25) is 0 Å². The van der Waals surface area contributed by atoms with Crippen molar-refractivity contribution in [3.63, 3.8) is 0 Å². The fourth-order valence-electron chi connectivity index (χ4n) is 1.39. The van der Waals surface area contributed by atoms with Crippen molar-refractivity contribution in [3.05, 3.63) is 23.8 Å². The molecule has 0 amide bonds. The van der Waals surface area contributed by atoms with Gasteiger partial charge in [-0.05, 0) is 25.2 Å². The Morgan fingerprint density at radius 2 is 2.19 bits per heavy atom. The van der Waals surface area contributed by atoms with Crippen LogP contribution in [0.25, 0.3) is 0 Å². The first kappa shape index (κ1) is 12.3. The zero-order valence-electron chi connectivity index (χ0n) is 9.30. The molecule has 1 aromatic carbocycles. The minimum absolute atomic E-state index is 0.0728. The Balaban J connectivity index is 2.75. The Labute approximate surface area is 93.9 Å². The van der Waals surface area contributed by atoms with Crippen LogP contribution in [0.15, 0.2) is 18.2 Å². The molecule has 88 valence electrons. The Kier molecular flexibility index (Phi) is 4.13. The molecule has 0 aliphatic carbocycles. The summed E-state index contributed by atoms with van der Waals surface area (Å²) < 4.78 is 5.03. The van der Waals surface area contributed by atoms with Crippen molar-refractivity contribution in [1.82, 2.24) is 4.90 Å². The van der Waals surface area contributed by atoms with E-state index in [0.29, 0.717) is 17.9 Å². The molecular formula is C11H15NO4. The van der Waals surface area contributed by atoms with Crippen LogP contribution in [0, 0.1) is 0 Å². The fraction of sp³-hybridized carbons (Fsp3) is 0.364. The minimum Gasteiger partial charge on any atom is -0.508 e. The van der Waals surface area contributed by atoms with Crippen molar-refractivity contribution in [2.45, 2.75) is 6.54 Å². The molecule has 1 rings (SSSR count). The molecule has 0 aromatic heterocycles. The molecule has 16 heavy (non-hydrogen) atoms. The number of methoxy groups -OCH3 is 1. The molecular weight excluding hydrogens is 210 g/mol. The smallest absolute Gasteiger partial charge is 0.317 e. The lowest BCUT2D eigenvalue weighted by molar-refractivity contribution is -0.138. The van der Waals surface area contributed by atoms with E-state index in [-0.39, 0.29) is 12.3 Å². The predicted octanol–water partition coefficient (Wildman–Crippen LogP) is 0.917. The SMILES string of the molecule is COc1ccc(O)c(CN(C)CC(=O)O)c1. The van der Waals surface area contributed by atoms with Crippen molar-refractivity contribution in [3.8, 4) is 11.5 Å². The topological polar surface area (TPSA) is 70.0 Å². The van der Waals surface area contributed by atoms with Crippen LogP contribution in [0.4, 0.5) is 0 Å². The summed E-state index contributed by atoms with van der Waals surface area (Å²) in [6.45, 7) is 0.284. The van der Waals surface area contributed by atoms with Crippen LogP contribution in [0.2, 0.25) is 0 Å². The first-order valence-corrected chi connectivity index (χ1v) is 4.79. The average molecular weight is 225 g/mol. The molecule has 0 saturated carbocycles. The standard InChI is InChI=1S/C11H15NO4/c1-12(7-11(14)15)6-8-5-9(16-2)3-4-10(8)13/h3-5,13H,6-7H2,1-2H3,(H,14,15). The summed E-state index contributed by atoms with van der Waals surface area (Å²) in [4.78, 5) is 12.1. The highest BCUT2D eigenvalue weighted by Gasteiger charge is 2.09. The molecule has 0 saturated heterocycles. The number of benzene rings is 1. The average Bonchev–Trinajstić information content (AvgIpc) is 2.20. The summed E-state index contributed by atoms with van der Waals surface area (Å²) in [5.74, 6) is -0.126. The zero-order valence-corrected chi connectivity index (χ0v) is 9.30. The number of aromatic hydroxyl groups is 1. The van der Waals surface area contributed by atoms with Gasteiger partial charge in [0.05, 0.1) is 13.7 Å². The largest absolute Gasteiger partial charge is 0.508 e. The molecule has 0 fully saturated rings. The summed E-state index contributed by atoms with van der Waals surface area (Å²) >= 11 is 0. The van der Waals surface area contributed by atoms with Gasteiger partial charge in [0.15, 0.2) is 0 Å². The van der Waals surface area contributed by atoms with Crippen molar-refractivity contribution < 1.29 is 19.7 Å². The molecule has 0 spiro atoms. The molecule has 0 radical (unpaired) electrons. The predicted molar refractivity (Wildman–Crippen MR) is 58.6 cm³/mol. The maximum absolute atomic E-state index is 10.5. The summed E-state index contributed by atoms with van der Waals surface area (Å²) in [6, 6.07) is 4.87. The number of rotatable bonds is 5. The second kappa shape index (κ2) is 5.37. The first-order valence-electron chi connectivity index (χ1n) is 4.79. The number of phenolic OH excluding ortho intramolecular Hbond substituents is 1. The Bertz CT molecular complexity index is 378. The lowest BCUT2D eigenvalue weighted by atomic mass is 10.2. The maximum Gasteiger partial charge on any atom is 0.317 e. The molecule has 0 heterocycles. The molecule has 0 atom stereocenters. The van der Waals surface area contributed by atoms with Gasteiger partial charge in [0.25, 0.3) is 0 Å². The number of ether oxygens (including phenoxy) is 1. The normalized spacial score (nSPS) is 10.4. The van der Waals surface area contributed by atoms with E-state index in [4.69, 9.17) is 9.84 Å². The second-order valence-electron chi connectivity index (χ2n) is 3.56. The van der Waals surface area contributed by atoms with Crippen LogP contribution in [0.5, 0.6) is 11.5 Å². The van der Waals surface area contributed by atoms with Gasteiger partial charge in [-0.2, -0.15) is 0 Å². The molecule has 0 aliphatic heterocycles. The Morgan fingerprint density at radius 1 is 1.50 bits per heavy atom. The third kappa shape index (κ3) is 3.43. The van der Waals surface area contributed by atoms with Gasteiger partial charge in [0, 0.05) is 12.1 Å². The number of carboxylic acids is 1. The van der Waals surface area contributed by atoms with Crippen LogP contribution in [0.3, 0.4) is 0 Å². The molecule has 1 aromatic rings. The van der Waals surface area contributed by atoms with Crippen LogP contribution in [0.1, 0.15) is 5.56 Å². The lowest BCUT2D eigenvalue weighted by Gasteiger charge is -2.15. The van der Waals surface area contributed by atoms with Gasteiger partial charge in [-0.3, -0.25) is 9.69 Å². The number of hydrogen-bond acceptors (Lipinski definition) is 4. The monoisotopic (exact) mass is 225 g/mol. The van der Waals surface area contributed by atoms with E-state index in [9.17, 15) is 9.90 Å². The van der Waals surface area contributed by atoms with Gasteiger partial charge in [-0.25, -0.2) is 0 Å². The van der Waals surface area contributed by atoms with Gasteiger partial charge in [-0.15, -0.1) is 0 Å². The fourth-order valence-corrected chi connectivity index (χ4v) is 1.39. The molecule has 0 aliphatic rings. The number of phenols is 1. The van der Waals surface area contributed by atoms with E-state index in [0.717, 1.165) is 0 Å². The van der Waals surface area contributed by atoms with Gasteiger partial charge >= 0.3 is 5.97 Å². The Hall–Kier alpha value is -1.75. The van der Waals surface area contributed by atoms with E-state index >= 15 is 0 Å². The van der Waals surface area contributed by atoms with Crippen LogP contribution in [-0.2, 0) is 11.3 Å². The van der Waals surface area contributed by atoms with E-state index < -0.39 is 5.97 Å². The molecule has 5 heteroatoms. The second-order valence-corrected chi connectivity index (χ2v) is 3.56. The van der Waals surface area contributed by atoms with E-state index in [1.54, 1.807) is 24.1 Å². The summed E-state index contributed by atoms with van der Waals surface area (Å²) in [7, 11) is 3.21. The summed E-state index contributed by atoms with van der Waals surface area (Å²) in [5.41, 5.74) is 0.642. The third-order valence-corrected chi connectivity index (χ3v) is 2.13. The molecule has 0 unspecified atom stereocenters. The molecule has 2 N–H and O–H groups in total. The van der Waals surface area contributed by atoms with Crippen LogP contribution in [-0.4, -0.2) is 41.8 Å². The van der Waals surface area contributed by atoms with E-state index in [1.165, 1.54) is 13.2 Å². The number of carbonyl (C=O) groups is 1. The highest BCUT2D eigenvalue weighted by molar-refractivity contribution is 5.69. The Morgan fingerprint density at radius 3 is 2.75 bits per heavy atom. The number of likely N-dealkylation sites (N-methyl/N-ethyl adjacent to an activating group) is 1. The zero-order chi connectivity index (χ0) is 12.1. The highest BCUT2D eigenvalue weighted by atomic mass is 16.5. The van der Waals surface area contributed by atoms with E-state index in [2.05, 4.69) is 0 Å². The third-order valence-electron chi connectivity index (χ3n) is 2.13. The highest BCUT2D eigenvalue weighted by Crippen LogP contribution is 2.23. The lowest BCUT2D eigenvalue weighted by Crippen LogP contribution is -2.25. The van der Waals surface area contributed by atoms with Gasteiger partial charge in [0.1, 0.15) is 11.5 Å². The first-order chi connectivity index (χ1) is 7.52. The summed E-state index contributed by atoms with van der Waals surface area (Å²) in [6.07, 6.45) is 0. The van der Waals surface area contributed by atoms with Gasteiger partial charge < -0.3 is 14.9 Å². The van der Waals surface area contributed by atoms with E-state index in [1.807, 2.05) is 0 Å². The van der Waals surface area contributed by atoms with Gasteiger partial charge in [-0.1, -0.05) is 0 Å². The number of hydrogen-bond donors (Lipinski definition) is 2. The van der Waals surface area contributed by atoms with Crippen LogP contribution < -0.4 is 4.74 Å². The number of nitrogens with zero attached hydrogens (tertiary/aromatic N) is 1. The number of carboxylic acid groups (broad SMARTS) is 1. The minimum atomic E-state index is -0.898. The summed E-state index contributed by atoms with van der Waals surface area (Å²) in [5, 5.41) is 18.2.